The lowest BCUT2D eigenvalue weighted by molar-refractivity contribution is 0.146. The van der Waals surface area contributed by atoms with E-state index in [2.05, 4.69) is 18.8 Å². The number of fused-ring (bicyclic) bond motifs is 1. The largest absolute Gasteiger partial charge is 0.449 e. The van der Waals surface area contributed by atoms with Gasteiger partial charge in [0, 0.05) is 6.20 Å². The Bertz CT molecular complexity index is 455. The Morgan fingerprint density at radius 2 is 2.16 bits per heavy atom. The second-order valence-electron chi connectivity index (χ2n) is 4.94. The molecule has 0 radical (unpaired) electrons. The molecule has 4 heteroatoms. The fourth-order valence-electron chi connectivity index (χ4n) is 2.94. The highest BCUT2D eigenvalue weighted by molar-refractivity contribution is 5.90. The first-order valence-electron chi connectivity index (χ1n) is 7.09. The van der Waals surface area contributed by atoms with Crippen molar-refractivity contribution in [3.8, 4) is 0 Å². The lowest BCUT2D eigenvalue weighted by Crippen LogP contribution is -2.54. The lowest BCUT2D eigenvalue weighted by atomic mass is 9.81. The predicted octanol–water partition coefficient (Wildman–Crippen LogP) is 3.55. The molecule has 0 aliphatic carbocycles. The van der Waals surface area contributed by atoms with Gasteiger partial charge in [-0.2, -0.15) is 0 Å². The van der Waals surface area contributed by atoms with Crippen LogP contribution in [0.3, 0.4) is 0 Å². The summed E-state index contributed by atoms with van der Waals surface area (Å²) in [5.74, 6) is 0. The molecule has 0 unspecified atom stereocenters. The van der Waals surface area contributed by atoms with Gasteiger partial charge < -0.3 is 4.74 Å². The summed E-state index contributed by atoms with van der Waals surface area (Å²) in [6.45, 7) is 6.51. The van der Waals surface area contributed by atoms with Gasteiger partial charge in [-0.1, -0.05) is 13.8 Å². The Morgan fingerprint density at radius 1 is 1.42 bits per heavy atom. The van der Waals surface area contributed by atoms with Crippen LogP contribution in [0.5, 0.6) is 0 Å². The Kier molecular flexibility index (Phi) is 4.08. The number of hydrogen-bond donors (Lipinski definition) is 0. The van der Waals surface area contributed by atoms with Gasteiger partial charge in [0.15, 0.2) is 0 Å². The molecule has 0 atom stereocenters. The third-order valence-corrected chi connectivity index (χ3v) is 4.18. The topological polar surface area (TPSA) is 42.4 Å². The van der Waals surface area contributed by atoms with E-state index >= 15 is 0 Å². The SMILES string of the molecule is CCOC(=O)N1c2cccnc2CCC1(CC)CC. The number of carbonyl (C=O) groups excluding carboxylic acids is 1. The number of amides is 1. The van der Waals surface area contributed by atoms with Crippen LogP contribution >= 0.6 is 0 Å². The minimum Gasteiger partial charge on any atom is -0.449 e. The number of nitrogens with zero attached hydrogens (tertiary/aromatic N) is 2. The normalized spacial score (nSPS) is 16.9. The van der Waals surface area contributed by atoms with Gasteiger partial charge in [-0.3, -0.25) is 9.88 Å². The van der Waals surface area contributed by atoms with E-state index < -0.39 is 0 Å². The smallest absolute Gasteiger partial charge is 0.414 e. The number of pyridine rings is 1. The summed E-state index contributed by atoms with van der Waals surface area (Å²) in [7, 11) is 0. The molecule has 2 rings (SSSR count). The number of ether oxygens (including phenoxy) is 1. The molecule has 0 aromatic carbocycles. The number of carbonyl (C=O) groups is 1. The maximum absolute atomic E-state index is 12.4. The highest BCUT2D eigenvalue weighted by Gasteiger charge is 2.42. The van der Waals surface area contributed by atoms with Crippen molar-refractivity contribution >= 4 is 11.8 Å². The zero-order valence-electron chi connectivity index (χ0n) is 12.0. The van der Waals surface area contributed by atoms with Crippen molar-refractivity contribution in [3.05, 3.63) is 24.0 Å². The third kappa shape index (κ3) is 2.31. The molecule has 1 amide bonds. The van der Waals surface area contributed by atoms with E-state index in [4.69, 9.17) is 4.74 Å². The Balaban J connectivity index is 2.47. The van der Waals surface area contributed by atoms with Crippen molar-refractivity contribution in [2.75, 3.05) is 11.5 Å². The van der Waals surface area contributed by atoms with Crippen LogP contribution < -0.4 is 4.90 Å². The number of anilines is 1. The third-order valence-electron chi connectivity index (χ3n) is 4.18. The average molecular weight is 262 g/mol. The second-order valence-corrected chi connectivity index (χ2v) is 4.94. The summed E-state index contributed by atoms with van der Waals surface area (Å²) in [6.07, 6.45) is 5.26. The lowest BCUT2D eigenvalue weighted by Gasteiger charge is -2.46. The van der Waals surface area contributed by atoms with Gasteiger partial charge in [0.1, 0.15) is 0 Å². The molecule has 104 valence electrons. The fraction of sp³-hybridized carbons (Fsp3) is 0.600. The summed E-state index contributed by atoms with van der Waals surface area (Å²) in [5.41, 5.74) is 1.77. The van der Waals surface area contributed by atoms with Crippen LogP contribution in [0.25, 0.3) is 0 Å². The first-order chi connectivity index (χ1) is 9.18. The number of hydrogen-bond acceptors (Lipinski definition) is 3. The van der Waals surface area contributed by atoms with Crippen LogP contribution in [-0.4, -0.2) is 23.2 Å². The molecular weight excluding hydrogens is 240 g/mol. The van der Waals surface area contributed by atoms with E-state index in [1.54, 1.807) is 6.20 Å². The van der Waals surface area contributed by atoms with Crippen molar-refractivity contribution < 1.29 is 9.53 Å². The van der Waals surface area contributed by atoms with E-state index in [1.807, 2.05) is 24.0 Å². The quantitative estimate of drug-likeness (QED) is 0.836. The zero-order chi connectivity index (χ0) is 13.9. The van der Waals surface area contributed by atoms with Crippen LogP contribution in [0.4, 0.5) is 10.5 Å². The number of aryl methyl sites for hydroxylation is 1. The van der Waals surface area contributed by atoms with Gasteiger partial charge in [0.25, 0.3) is 0 Å². The average Bonchev–Trinajstić information content (AvgIpc) is 2.46. The first kappa shape index (κ1) is 13.8. The Morgan fingerprint density at radius 3 is 2.79 bits per heavy atom. The van der Waals surface area contributed by atoms with Crippen molar-refractivity contribution in [2.45, 2.75) is 52.0 Å². The zero-order valence-corrected chi connectivity index (χ0v) is 12.0. The maximum atomic E-state index is 12.4. The summed E-state index contributed by atoms with van der Waals surface area (Å²) < 4.78 is 5.26. The Labute approximate surface area is 114 Å². The van der Waals surface area contributed by atoms with E-state index in [1.165, 1.54) is 0 Å². The minimum absolute atomic E-state index is 0.137. The molecule has 1 aromatic rings. The molecular formula is C15H22N2O2. The van der Waals surface area contributed by atoms with Crippen LogP contribution in [-0.2, 0) is 11.2 Å². The molecule has 0 saturated carbocycles. The molecule has 4 nitrogen and oxygen atoms in total. The fourth-order valence-corrected chi connectivity index (χ4v) is 2.94. The highest BCUT2D eigenvalue weighted by Crippen LogP contribution is 2.40. The van der Waals surface area contributed by atoms with Crippen LogP contribution in [0.15, 0.2) is 18.3 Å². The van der Waals surface area contributed by atoms with E-state index in [-0.39, 0.29) is 11.6 Å². The Hall–Kier alpha value is -1.58. The van der Waals surface area contributed by atoms with Gasteiger partial charge in [-0.15, -0.1) is 0 Å². The number of rotatable bonds is 3. The van der Waals surface area contributed by atoms with Crippen LogP contribution in [0.2, 0.25) is 0 Å². The van der Waals surface area contributed by atoms with E-state index in [0.717, 1.165) is 37.1 Å². The molecule has 0 bridgehead atoms. The van der Waals surface area contributed by atoms with Crippen molar-refractivity contribution in [1.29, 1.82) is 0 Å². The molecule has 0 saturated heterocycles. The number of aromatic nitrogens is 1. The summed E-state index contributed by atoms with van der Waals surface area (Å²) in [4.78, 5) is 18.6. The van der Waals surface area contributed by atoms with Crippen molar-refractivity contribution in [3.63, 3.8) is 0 Å². The summed E-state index contributed by atoms with van der Waals surface area (Å²) >= 11 is 0. The first-order valence-corrected chi connectivity index (χ1v) is 7.09. The van der Waals surface area contributed by atoms with Crippen molar-refractivity contribution in [2.24, 2.45) is 0 Å². The molecule has 0 N–H and O–H groups in total. The standard InChI is InChI=1S/C15H22N2O2/c1-4-15(5-2)10-9-12-13(8-7-11-16-12)17(15)14(18)19-6-3/h7-8,11H,4-6,9-10H2,1-3H3. The van der Waals surface area contributed by atoms with Crippen molar-refractivity contribution in [1.82, 2.24) is 4.98 Å². The molecule has 1 aliphatic rings. The summed E-state index contributed by atoms with van der Waals surface area (Å²) in [5, 5.41) is 0. The maximum Gasteiger partial charge on any atom is 0.414 e. The van der Waals surface area contributed by atoms with E-state index in [0.29, 0.717) is 6.61 Å². The molecule has 1 aromatic heterocycles. The van der Waals surface area contributed by atoms with Gasteiger partial charge >= 0.3 is 6.09 Å². The molecule has 1 aliphatic heterocycles. The molecule has 0 spiro atoms. The summed E-state index contributed by atoms with van der Waals surface area (Å²) in [6, 6.07) is 3.85. The minimum atomic E-state index is -0.250. The van der Waals surface area contributed by atoms with Gasteiger partial charge in [0.2, 0.25) is 0 Å². The molecule has 2 heterocycles. The second kappa shape index (κ2) is 5.59. The van der Waals surface area contributed by atoms with Gasteiger partial charge in [-0.05, 0) is 44.7 Å². The molecule has 19 heavy (non-hydrogen) atoms. The van der Waals surface area contributed by atoms with E-state index in [9.17, 15) is 4.79 Å². The highest BCUT2D eigenvalue weighted by atomic mass is 16.6. The monoisotopic (exact) mass is 262 g/mol. The van der Waals surface area contributed by atoms with Crippen LogP contribution in [0, 0.1) is 0 Å². The van der Waals surface area contributed by atoms with Gasteiger partial charge in [-0.25, -0.2) is 4.79 Å². The van der Waals surface area contributed by atoms with Crippen LogP contribution in [0.1, 0.15) is 45.7 Å². The van der Waals surface area contributed by atoms with Gasteiger partial charge in [0.05, 0.1) is 23.5 Å². The predicted molar refractivity (Wildman–Crippen MR) is 75.4 cm³/mol. The molecule has 0 fully saturated rings.